The van der Waals surface area contributed by atoms with Crippen molar-refractivity contribution in [1.82, 2.24) is 9.97 Å². The van der Waals surface area contributed by atoms with Crippen molar-refractivity contribution in [1.29, 1.82) is 0 Å². The van der Waals surface area contributed by atoms with Gasteiger partial charge in [0.05, 0.1) is 5.56 Å². The van der Waals surface area contributed by atoms with Crippen LogP contribution in [0, 0.1) is 5.82 Å². The molecule has 4 rings (SSSR count). The zero-order valence-electron chi connectivity index (χ0n) is 16.5. The number of benzene rings is 2. The average Bonchev–Trinajstić information content (AvgIpc) is 2.78. The lowest BCUT2D eigenvalue weighted by Gasteiger charge is -2.13. The van der Waals surface area contributed by atoms with Gasteiger partial charge in [0.2, 0.25) is 0 Å². The van der Waals surface area contributed by atoms with Gasteiger partial charge in [0.1, 0.15) is 17.4 Å². The third-order valence-electron chi connectivity index (χ3n) is 4.33. The van der Waals surface area contributed by atoms with E-state index in [2.05, 4.69) is 20.6 Å². The maximum atomic E-state index is 14.6. The molecule has 7 nitrogen and oxygen atoms in total. The number of nitrogen functional groups attached to an aromatic ring is 1. The van der Waals surface area contributed by atoms with Gasteiger partial charge < -0.3 is 21.1 Å². The van der Waals surface area contributed by atoms with Gasteiger partial charge in [-0.2, -0.15) is 0 Å². The Hall–Kier alpha value is -4.17. The van der Waals surface area contributed by atoms with Crippen LogP contribution in [0.25, 0.3) is 0 Å². The highest BCUT2D eigenvalue weighted by Crippen LogP contribution is 2.29. The number of hydrogen-bond acceptors (Lipinski definition) is 6. The van der Waals surface area contributed by atoms with Gasteiger partial charge in [-0.05, 0) is 54.6 Å². The van der Waals surface area contributed by atoms with E-state index in [1.165, 1.54) is 30.6 Å². The number of pyridine rings is 2. The van der Waals surface area contributed by atoms with Crippen LogP contribution in [0.15, 0.2) is 79.1 Å². The number of ether oxygens (including phenoxy) is 1. The molecule has 0 bridgehead atoms. The summed E-state index contributed by atoms with van der Waals surface area (Å²) in [5.74, 6) is -0.0623. The van der Waals surface area contributed by atoms with Crippen molar-refractivity contribution >= 4 is 40.5 Å². The molecule has 9 heteroatoms. The van der Waals surface area contributed by atoms with E-state index in [1.54, 1.807) is 48.5 Å². The highest BCUT2D eigenvalue weighted by molar-refractivity contribution is 6.30. The van der Waals surface area contributed by atoms with Crippen molar-refractivity contribution in [3.63, 3.8) is 0 Å². The van der Waals surface area contributed by atoms with Gasteiger partial charge in [-0.3, -0.25) is 4.79 Å². The molecule has 0 saturated heterocycles. The molecule has 0 spiro atoms. The number of aromatic nitrogens is 2. The number of carbonyl (C=O) groups excluding carboxylic acids is 1. The molecule has 4 aromatic rings. The highest BCUT2D eigenvalue weighted by atomic mass is 35.5. The van der Waals surface area contributed by atoms with E-state index in [1.807, 2.05) is 0 Å². The van der Waals surface area contributed by atoms with Crippen LogP contribution in [0.1, 0.15) is 10.4 Å². The predicted molar refractivity (Wildman–Crippen MR) is 122 cm³/mol. The minimum absolute atomic E-state index is 0.0166. The van der Waals surface area contributed by atoms with E-state index < -0.39 is 5.82 Å². The summed E-state index contributed by atoms with van der Waals surface area (Å²) < 4.78 is 20.1. The largest absolute Gasteiger partial charge is 0.454 e. The van der Waals surface area contributed by atoms with E-state index in [0.29, 0.717) is 22.1 Å². The lowest BCUT2D eigenvalue weighted by Crippen LogP contribution is -2.14. The van der Waals surface area contributed by atoms with Crippen LogP contribution in [0.4, 0.5) is 27.4 Å². The van der Waals surface area contributed by atoms with Crippen LogP contribution in [0.5, 0.6) is 11.5 Å². The zero-order chi connectivity index (χ0) is 22.5. The van der Waals surface area contributed by atoms with Crippen molar-refractivity contribution in [2.45, 2.75) is 0 Å². The number of carbonyl (C=O) groups is 1. The molecule has 2 heterocycles. The predicted octanol–water partition coefficient (Wildman–Crippen LogP) is 5.64. The van der Waals surface area contributed by atoms with E-state index in [-0.39, 0.29) is 28.9 Å². The summed E-state index contributed by atoms with van der Waals surface area (Å²) >= 11 is 5.88. The maximum absolute atomic E-state index is 14.6. The Kier molecular flexibility index (Phi) is 6.14. The fourth-order valence-electron chi connectivity index (χ4n) is 2.84. The monoisotopic (exact) mass is 449 g/mol. The molecule has 32 heavy (non-hydrogen) atoms. The van der Waals surface area contributed by atoms with Gasteiger partial charge in [0, 0.05) is 40.9 Å². The number of nitrogens with one attached hydrogen (secondary N) is 2. The standard InChI is InChI=1S/C23H17ClFN5O2/c24-14-3-5-15(6-4-14)30-23(31)18-2-1-10-28-22(18)29-16-7-8-20(19(25)12-16)32-17-9-11-27-21(26)13-17/h1-13H,(H2,26,27)(H,28,29)(H,30,31). The number of nitrogens with zero attached hydrogens (tertiary/aromatic N) is 2. The Labute approximate surface area is 188 Å². The number of anilines is 4. The summed E-state index contributed by atoms with van der Waals surface area (Å²) in [6.45, 7) is 0. The minimum atomic E-state index is -0.603. The van der Waals surface area contributed by atoms with Gasteiger partial charge >= 0.3 is 0 Å². The number of hydrogen-bond donors (Lipinski definition) is 3. The van der Waals surface area contributed by atoms with E-state index >= 15 is 0 Å². The Balaban J connectivity index is 1.51. The molecule has 0 fully saturated rings. The van der Waals surface area contributed by atoms with Crippen molar-refractivity contribution in [2.75, 3.05) is 16.4 Å². The number of nitrogens with two attached hydrogens (primary N) is 1. The van der Waals surface area contributed by atoms with Crippen molar-refractivity contribution in [3.8, 4) is 11.5 Å². The van der Waals surface area contributed by atoms with Crippen LogP contribution in [-0.2, 0) is 0 Å². The summed E-state index contributed by atoms with van der Waals surface area (Å²) in [6, 6.07) is 17.4. The first kappa shape index (κ1) is 21.1. The van der Waals surface area contributed by atoms with Gasteiger partial charge in [0.15, 0.2) is 11.6 Å². The molecule has 0 aliphatic carbocycles. The van der Waals surface area contributed by atoms with E-state index in [0.717, 1.165) is 0 Å². The Morgan fingerprint density at radius 2 is 1.75 bits per heavy atom. The Bertz CT molecular complexity index is 1270. The first-order valence-electron chi connectivity index (χ1n) is 9.46. The van der Waals surface area contributed by atoms with Crippen LogP contribution in [0.2, 0.25) is 5.02 Å². The summed E-state index contributed by atoms with van der Waals surface area (Å²) in [6.07, 6.45) is 3.00. The Morgan fingerprint density at radius 1 is 0.969 bits per heavy atom. The second-order valence-corrected chi connectivity index (χ2v) is 7.09. The van der Waals surface area contributed by atoms with Crippen LogP contribution in [0.3, 0.4) is 0 Å². The lowest BCUT2D eigenvalue weighted by atomic mass is 10.2. The molecule has 160 valence electrons. The second-order valence-electron chi connectivity index (χ2n) is 6.65. The van der Waals surface area contributed by atoms with Crippen molar-refractivity contribution in [2.24, 2.45) is 0 Å². The smallest absolute Gasteiger partial charge is 0.259 e. The SMILES string of the molecule is Nc1cc(Oc2ccc(Nc3ncccc3C(=O)Nc3ccc(Cl)cc3)cc2F)ccn1. The van der Waals surface area contributed by atoms with Crippen LogP contribution >= 0.6 is 11.6 Å². The van der Waals surface area contributed by atoms with Gasteiger partial charge in [-0.1, -0.05) is 11.6 Å². The van der Waals surface area contributed by atoms with E-state index in [9.17, 15) is 9.18 Å². The van der Waals surface area contributed by atoms with Crippen LogP contribution < -0.4 is 21.1 Å². The average molecular weight is 450 g/mol. The van der Waals surface area contributed by atoms with Crippen molar-refractivity contribution < 1.29 is 13.9 Å². The first-order valence-corrected chi connectivity index (χ1v) is 9.83. The fourth-order valence-corrected chi connectivity index (χ4v) is 2.96. The third-order valence-corrected chi connectivity index (χ3v) is 4.58. The van der Waals surface area contributed by atoms with Crippen LogP contribution in [-0.4, -0.2) is 15.9 Å². The molecule has 0 aliphatic rings. The van der Waals surface area contributed by atoms with Gasteiger partial charge in [-0.15, -0.1) is 0 Å². The molecule has 1 amide bonds. The highest BCUT2D eigenvalue weighted by Gasteiger charge is 2.14. The van der Waals surface area contributed by atoms with Gasteiger partial charge in [-0.25, -0.2) is 14.4 Å². The first-order chi connectivity index (χ1) is 15.5. The molecule has 4 N–H and O–H groups in total. The molecule has 2 aromatic heterocycles. The summed E-state index contributed by atoms with van der Waals surface area (Å²) in [5, 5.41) is 6.31. The van der Waals surface area contributed by atoms with Crippen molar-refractivity contribution in [3.05, 3.63) is 95.5 Å². The number of halogens is 2. The maximum Gasteiger partial charge on any atom is 0.259 e. The molecular formula is C23H17ClFN5O2. The molecule has 0 radical (unpaired) electrons. The molecular weight excluding hydrogens is 433 g/mol. The number of rotatable bonds is 6. The topological polar surface area (TPSA) is 102 Å². The summed E-state index contributed by atoms with van der Waals surface area (Å²) in [5.41, 5.74) is 6.88. The third kappa shape index (κ3) is 5.11. The molecule has 0 saturated carbocycles. The molecule has 0 atom stereocenters. The Morgan fingerprint density at radius 3 is 2.50 bits per heavy atom. The lowest BCUT2D eigenvalue weighted by molar-refractivity contribution is 0.102. The summed E-state index contributed by atoms with van der Waals surface area (Å²) in [7, 11) is 0. The minimum Gasteiger partial charge on any atom is -0.454 e. The zero-order valence-corrected chi connectivity index (χ0v) is 17.3. The fraction of sp³-hybridized carbons (Fsp3) is 0. The normalized spacial score (nSPS) is 10.4. The number of amides is 1. The summed E-state index contributed by atoms with van der Waals surface area (Å²) in [4.78, 5) is 20.8. The second kappa shape index (κ2) is 9.32. The van der Waals surface area contributed by atoms with Gasteiger partial charge in [0.25, 0.3) is 5.91 Å². The molecule has 2 aromatic carbocycles. The van der Waals surface area contributed by atoms with E-state index in [4.69, 9.17) is 22.1 Å². The quantitative estimate of drug-likeness (QED) is 0.352. The molecule has 0 aliphatic heterocycles. The molecule has 0 unspecified atom stereocenters.